The lowest BCUT2D eigenvalue weighted by atomic mass is 10.2. The Morgan fingerprint density at radius 2 is 2.05 bits per heavy atom. The highest BCUT2D eigenvalue weighted by Crippen LogP contribution is 2.40. The highest BCUT2D eigenvalue weighted by atomic mass is 32.1. The molecule has 0 aliphatic carbocycles. The lowest BCUT2D eigenvalue weighted by molar-refractivity contribution is 0.356. The van der Waals surface area contributed by atoms with Crippen molar-refractivity contribution in [2.45, 2.75) is 13.3 Å². The summed E-state index contributed by atoms with van der Waals surface area (Å²) in [6.45, 7) is 2.65. The van der Waals surface area contributed by atoms with E-state index < -0.39 is 0 Å². The average Bonchev–Trinajstić information content (AvgIpc) is 2.79. The normalized spacial score (nSPS) is 10.5. The standard InChI is InChI=1S/C14H18N2O2S/c1-9-12(7-8-15)19-14(16-9)10-5-4-6-11(17-2)13(10)18-3/h4-6H,7-8,15H2,1-3H3. The van der Waals surface area contributed by atoms with E-state index in [2.05, 4.69) is 4.98 Å². The molecule has 2 rings (SSSR count). The maximum Gasteiger partial charge on any atom is 0.170 e. The molecule has 1 aromatic heterocycles. The van der Waals surface area contributed by atoms with Crippen LogP contribution in [0.15, 0.2) is 18.2 Å². The van der Waals surface area contributed by atoms with Gasteiger partial charge in [0.2, 0.25) is 0 Å². The molecule has 0 bridgehead atoms. The molecular weight excluding hydrogens is 260 g/mol. The van der Waals surface area contributed by atoms with E-state index >= 15 is 0 Å². The highest BCUT2D eigenvalue weighted by molar-refractivity contribution is 7.15. The molecule has 102 valence electrons. The molecule has 0 unspecified atom stereocenters. The molecule has 2 aromatic rings. The van der Waals surface area contributed by atoms with Crippen molar-refractivity contribution in [2.75, 3.05) is 20.8 Å². The van der Waals surface area contributed by atoms with Gasteiger partial charge in [-0.05, 0) is 32.0 Å². The molecular formula is C14H18N2O2S. The van der Waals surface area contributed by atoms with Gasteiger partial charge in [0.15, 0.2) is 11.5 Å². The molecule has 0 saturated carbocycles. The Hall–Kier alpha value is -1.59. The minimum Gasteiger partial charge on any atom is -0.493 e. The van der Waals surface area contributed by atoms with Crippen LogP contribution in [0.25, 0.3) is 10.6 Å². The van der Waals surface area contributed by atoms with Crippen molar-refractivity contribution in [3.8, 4) is 22.1 Å². The second-order valence-electron chi connectivity index (χ2n) is 4.11. The third kappa shape index (κ3) is 2.72. The van der Waals surface area contributed by atoms with Gasteiger partial charge in [-0.25, -0.2) is 4.98 Å². The van der Waals surface area contributed by atoms with E-state index in [0.717, 1.165) is 28.4 Å². The molecule has 0 radical (unpaired) electrons. The summed E-state index contributed by atoms with van der Waals surface area (Å²) in [7, 11) is 3.27. The molecule has 5 heteroatoms. The maximum absolute atomic E-state index is 5.61. The van der Waals surface area contributed by atoms with Gasteiger partial charge in [-0.3, -0.25) is 0 Å². The van der Waals surface area contributed by atoms with Crippen LogP contribution < -0.4 is 15.2 Å². The average molecular weight is 278 g/mol. The molecule has 1 aromatic carbocycles. The second kappa shape index (κ2) is 6.04. The zero-order valence-corrected chi connectivity index (χ0v) is 12.2. The molecule has 2 N–H and O–H groups in total. The highest BCUT2D eigenvalue weighted by Gasteiger charge is 2.16. The van der Waals surface area contributed by atoms with Gasteiger partial charge in [-0.2, -0.15) is 0 Å². The lowest BCUT2D eigenvalue weighted by Gasteiger charge is -2.10. The van der Waals surface area contributed by atoms with Crippen LogP contribution >= 0.6 is 11.3 Å². The Kier molecular flexibility index (Phi) is 4.39. The third-order valence-corrected chi connectivity index (χ3v) is 4.15. The molecule has 4 nitrogen and oxygen atoms in total. The van der Waals surface area contributed by atoms with E-state index in [1.807, 2.05) is 25.1 Å². The summed E-state index contributed by atoms with van der Waals surface area (Å²) >= 11 is 1.66. The molecule has 0 fully saturated rings. The summed E-state index contributed by atoms with van der Waals surface area (Å²) in [5.74, 6) is 1.44. The number of benzene rings is 1. The first-order chi connectivity index (χ1) is 9.21. The molecule has 0 saturated heterocycles. The van der Waals surface area contributed by atoms with Crippen molar-refractivity contribution >= 4 is 11.3 Å². The fraction of sp³-hybridized carbons (Fsp3) is 0.357. The summed E-state index contributed by atoms with van der Waals surface area (Å²) in [6.07, 6.45) is 0.857. The van der Waals surface area contributed by atoms with Crippen LogP contribution in [0.5, 0.6) is 11.5 Å². The maximum atomic E-state index is 5.61. The summed E-state index contributed by atoms with van der Waals surface area (Å²) in [4.78, 5) is 5.84. The van der Waals surface area contributed by atoms with E-state index in [4.69, 9.17) is 15.2 Å². The van der Waals surface area contributed by atoms with Gasteiger partial charge < -0.3 is 15.2 Å². The van der Waals surface area contributed by atoms with Gasteiger partial charge in [0.25, 0.3) is 0 Å². The molecule has 0 amide bonds. The predicted octanol–water partition coefficient (Wildman–Crippen LogP) is 2.64. The van der Waals surface area contributed by atoms with Crippen LogP contribution in [0.1, 0.15) is 10.6 Å². The Morgan fingerprint density at radius 1 is 1.26 bits per heavy atom. The summed E-state index contributed by atoms with van der Waals surface area (Å²) in [5, 5.41) is 0.941. The van der Waals surface area contributed by atoms with Crippen LogP contribution in [0.4, 0.5) is 0 Å². The number of nitrogens with two attached hydrogens (primary N) is 1. The van der Waals surface area contributed by atoms with Gasteiger partial charge in [0, 0.05) is 4.88 Å². The van der Waals surface area contributed by atoms with Crippen LogP contribution in [-0.2, 0) is 6.42 Å². The molecule has 0 aliphatic heterocycles. The number of rotatable bonds is 5. The van der Waals surface area contributed by atoms with E-state index in [9.17, 15) is 0 Å². The molecule has 0 aliphatic rings. The van der Waals surface area contributed by atoms with Gasteiger partial charge >= 0.3 is 0 Å². The number of hydrogen-bond donors (Lipinski definition) is 1. The van der Waals surface area contributed by atoms with E-state index in [1.54, 1.807) is 25.6 Å². The SMILES string of the molecule is COc1cccc(-c2nc(C)c(CCN)s2)c1OC. The smallest absolute Gasteiger partial charge is 0.170 e. The van der Waals surface area contributed by atoms with Crippen LogP contribution in [0.2, 0.25) is 0 Å². The number of thiazole rings is 1. The summed E-state index contributed by atoms with van der Waals surface area (Å²) in [5.41, 5.74) is 7.61. The van der Waals surface area contributed by atoms with Crippen molar-refractivity contribution in [3.05, 3.63) is 28.8 Å². The van der Waals surface area contributed by atoms with Gasteiger partial charge in [0.1, 0.15) is 5.01 Å². The Labute approximate surface area is 117 Å². The number of aromatic nitrogens is 1. The summed E-state index contributed by atoms with van der Waals surface area (Å²) in [6, 6.07) is 5.81. The molecule has 0 spiro atoms. The molecule has 0 atom stereocenters. The quantitative estimate of drug-likeness (QED) is 0.913. The van der Waals surface area contributed by atoms with E-state index in [0.29, 0.717) is 12.3 Å². The van der Waals surface area contributed by atoms with Crippen molar-refractivity contribution in [1.29, 1.82) is 0 Å². The minimum atomic E-state index is 0.637. The number of para-hydroxylation sites is 1. The third-order valence-electron chi connectivity index (χ3n) is 2.90. The van der Waals surface area contributed by atoms with E-state index in [-0.39, 0.29) is 0 Å². The van der Waals surface area contributed by atoms with Crippen molar-refractivity contribution in [2.24, 2.45) is 5.73 Å². The van der Waals surface area contributed by atoms with E-state index in [1.165, 1.54) is 4.88 Å². The Morgan fingerprint density at radius 3 is 2.68 bits per heavy atom. The fourth-order valence-electron chi connectivity index (χ4n) is 1.96. The Balaban J connectivity index is 2.49. The number of hydrogen-bond acceptors (Lipinski definition) is 5. The number of ether oxygens (including phenoxy) is 2. The topological polar surface area (TPSA) is 57.4 Å². The monoisotopic (exact) mass is 278 g/mol. The van der Waals surface area contributed by atoms with Crippen molar-refractivity contribution in [1.82, 2.24) is 4.98 Å². The summed E-state index contributed by atoms with van der Waals surface area (Å²) < 4.78 is 10.8. The van der Waals surface area contributed by atoms with Crippen LogP contribution in [-0.4, -0.2) is 25.7 Å². The first-order valence-electron chi connectivity index (χ1n) is 6.09. The van der Waals surface area contributed by atoms with Crippen molar-refractivity contribution in [3.63, 3.8) is 0 Å². The van der Waals surface area contributed by atoms with Crippen molar-refractivity contribution < 1.29 is 9.47 Å². The van der Waals surface area contributed by atoms with Gasteiger partial charge in [0.05, 0.1) is 25.5 Å². The number of aryl methyl sites for hydroxylation is 1. The van der Waals surface area contributed by atoms with Gasteiger partial charge in [-0.15, -0.1) is 11.3 Å². The van der Waals surface area contributed by atoms with Crippen LogP contribution in [0, 0.1) is 6.92 Å². The first kappa shape index (κ1) is 13.8. The fourth-order valence-corrected chi connectivity index (χ4v) is 3.06. The Bertz CT molecular complexity index is 567. The van der Waals surface area contributed by atoms with Gasteiger partial charge in [-0.1, -0.05) is 6.07 Å². The second-order valence-corrected chi connectivity index (χ2v) is 5.19. The first-order valence-corrected chi connectivity index (χ1v) is 6.90. The lowest BCUT2D eigenvalue weighted by Crippen LogP contribution is -2.01. The number of methoxy groups -OCH3 is 2. The van der Waals surface area contributed by atoms with Crippen LogP contribution in [0.3, 0.4) is 0 Å². The molecule has 19 heavy (non-hydrogen) atoms. The predicted molar refractivity (Wildman–Crippen MR) is 78.1 cm³/mol. The zero-order valence-electron chi connectivity index (χ0n) is 11.4. The zero-order chi connectivity index (χ0) is 13.8. The minimum absolute atomic E-state index is 0.637. The largest absolute Gasteiger partial charge is 0.493 e. The molecule has 1 heterocycles. The number of nitrogens with zero attached hydrogens (tertiary/aromatic N) is 1.